The maximum Gasteiger partial charge on any atom is 0.351 e. The molecule has 2 heterocycles. The summed E-state index contributed by atoms with van der Waals surface area (Å²) in [6, 6.07) is 9.62. The number of nitrogens with two attached hydrogens (primary N) is 2. The molecule has 3 rings (SSSR count). The Morgan fingerprint density at radius 2 is 1.85 bits per heavy atom. The van der Waals surface area contributed by atoms with Gasteiger partial charge in [0, 0.05) is 12.7 Å². The lowest BCUT2D eigenvalue weighted by atomic mass is 10.0. The first-order valence-electron chi connectivity index (χ1n) is 11.1. The molecule has 0 radical (unpaired) electrons. The lowest BCUT2D eigenvalue weighted by molar-refractivity contribution is -0.141. The molecule has 0 saturated carbocycles. The molecule has 2 amide bonds. The highest BCUT2D eigenvalue weighted by molar-refractivity contribution is 7.91. The predicted octanol–water partition coefficient (Wildman–Crippen LogP) is 3.32. The molecule has 2 aromatic rings. The van der Waals surface area contributed by atoms with Gasteiger partial charge in [-0.25, -0.2) is 18.2 Å². The number of aromatic nitrogens is 1. The molecule has 5 N–H and O–H groups in total. The van der Waals surface area contributed by atoms with Crippen molar-refractivity contribution in [3.05, 3.63) is 62.7 Å². The summed E-state index contributed by atoms with van der Waals surface area (Å²) < 4.78 is 29.6. The molecular weight excluding hydrogens is 628 g/mol. The van der Waals surface area contributed by atoms with Crippen molar-refractivity contribution in [1.82, 2.24) is 10.3 Å². The molecule has 2 unspecified atom stereocenters. The van der Waals surface area contributed by atoms with Gasteiger partial charge in [0.15, 0.2) is 21.9 Å². The number of carbonyl (C=O) groups excluding carboxylic acids is 3. The number of nitrogen functional groups attached to an aromatic ring is 1. The molecule has 216 valence electrons. The van der Waals surface area contributed by atoms with Crippen molar-refractivity contribution in [2.75, 3.05) is 11.5 Å². The van der Waals surface area contributed by atoms with Crippen molar-refractivity contribution in [2.24, 2.45) is 17.6 Å². The van der Waals surface area contributed by atoms with Crippen LogP contribution in [0.4, 0.5) is 5.82 Å². The lowest BCUT2D eigenvalue weighted by Crippen LogP contribution is -2.33. The number of hydrogen-bond donors (Lipinski definition) is 3. The fourth-order valence-electron chi connectivity index (χ4n) is 3.32. The van der Waals surface area contributed by atoms with Crippen LogP contribution in [0.1, 0.15) is 29.8 Å². The van der Waals surface area contributed by atoms with E-state index in [1.54, 1.807) is 30.3 Å². The summed E-state index contributed by atoms with van der Waals surface area (Å²) in [5.74, 6) is -3.46. The van der Waals surface area contributed by atoms with Crippen LogP contribution in [0, 0.1) is 23.2 Å². The predicted molar refractivity (Wildman–Crippen MR) is 152 cm³/mol. The third-order valence-corrected chi connectivity index (χ3v) is 8.29. The van der Waals surface area contributed by atoms with Gasteiger partial charge in [-0.3, -0.25) is 9.59 Å². The van der Waals surface area contributed by atoms with Crippen molar-refractivity contribution >= 4 is 80.6 Å². The first-order valence-corrected chi connectivity index (χ1v) is 13.9. The minimum atomic E-state index is -3.43. The lowest BCUT2D eigenvalue weighted by Gasteiger charge is -2.13. The Hall–Kier alpha value is -3.08. The number of benzene rings is 1. The Labute approximate surface area is 252 Å². The molecule has 16 heteroatoms. The van der Waals surface area contributed by atoms with Gasteiger partial charge in [0.1, 0.15) is 10.9 Å². The molecule has 40 heavy (non-hydrogen) atoms. The van der Waals surface area contributed by atoms with Crippen LogP contribution in [-0.4, -0.2) is 43.0 Å². The third-order valence-electron chi connectivity index (χ3n) is 5.05. The first kappa shape index (κ1) is 34.9. The molecule has 1 aromatic heterocycles. The normalized spacial score (nSPS) is 15.2. The Morgan fingerprint density at radius 3 is 2.38 bits per heavy atom. The summed E-state index contributed by atoms with van der Waals surface area (Å²) in [4.78, 5) is 38.0. The second kappa shape index (κ2) is 15.1. The summed E-state index contributed by atoms with van der Waals surface area (Å²) in [5, 5.41) is 11.1. The van der Waals surface area contributed by atoms with Crippen molar-refractivity contribution in [3.63, 3.8) is 0 Å². The van der Waals surface area contributed by atoms with Crippen molar-refractivity contribution in [1.29, 1.82) is 5.26 Å². The number of esters is 1. The molecule has 0 fully saturated rings. The highest BCUT2D eigenvalue weighted by Gasteiger charge is 2.40. The van der Waals surface area contributed by atoms with Gasteiger partial charge in [-0.2, -0.15) is 5.26 Å². The molecule has 0 spiro atoms. The van der Waals surface area contributed by atoms with E-state index in [0.29, 0.717) is 10.6 Å². The van der Waals surface area contributed by atoms with Gasteiger partial charge in [-0.1, -0.05) is 66.8 Å². The van der Waals surface area contributed by atoms with E-state index in [9.17, 15) is 22.8 Å². The average Bonchev–Trinajstić information content (AvgIpc) is 3.11. The zero-order chi connectivity index (χ0) is 29.5. The van der Waals surface area contributed by atoms with Gasteiger partial charge < -0.3 is 21.5 Å². The van der Waals surface area contributed by atoms with Crippen LogP contribution in [0.15, 0.2) is 51.5 Å². The quantitative estimate of drug-likeness (QED) is 0.358. The van der Waals surface area contributed by atoms with E-state index in [2.05, 4.69) is 15.0 Å². The minimum Gasteiger partial charge on any atom is -0.450 e. The number of halogens is 4. The van der Waals surface area contributed by atoms with E-state index in [-0.39, 0.29) is 57.0 Å². The van der Waals surface area contributed by atoms with Gasteiger partial charge >= 0.3 is 5.97 Å². The molecular formula is C24H25Cl4N5O6S. The monoisotopic (exact) mass is 651 g/mol. The summed E-state index contributed by atoms with van der Waals surface area (Å²) in [5.41, 5.74) is 11.3. The maximum atomic E-state index is 12.5. The van der Waals surface area contributed by atoms with E-state index in [0.717, 1.165) is 0 Å². The number of nitrogens with one attached hydrogen (secondary N) is 1. The number of amides is 2. The number of ether oxygens (including phenoxy) is 1. The Balaban J connectivity index is 0.000000454. The van der Waals surface area contributed by atoms with Crippen molar-refractivity contribution < 1.29 is 27.5 Å². The van der Waals surface area contributed by atoms with Gasteiger partial charge in [0.25, 0.3) is 5.91 Å². The van der Waals surface area contributed by atoms with Crippen LogP contribution in [-0.2, 0) is 30.7 Å². The average molecular weight is 653 g/mol. The SMILES string of the molecule is CC(C)CS(=O)(=O)c1ccccc1CNC(=O)c1cc(Cl)cnc1N.Cl.N#CC(C(N)=O)C1OC(=O)C(Cl)=C1Cl. The maximum absolute atomic E-state index is 12.5. The summed E-state index contributed by atoms with van der Waals surface area (Å²) >= 11 is 16.8. The number of nitriles is 1. The van der Waals surface area contributed by atoms with Crippen LogP contribution < -0.4 is 16.8 Å². The smallest absolute Gasteiger partial charge is 0.351 e. The van der Waals surface area contributed by atoms with Crippen LogP contribution in [0.3, 0.4) is 0 Å². The Kier molecular flexibility index (Phi) is 13.2. The van der Waals surface area contributed by atoms with E-state index < -0.39 is 39.6 Å². The van der Waals surface area contributed by atoms with E-state index >= 15 is 0 Å². The molecule has 1 aliphatic rings. The first-order chi connectivity index (χ1) is 18.2. The summed E-state index contributed by atoms with van der Waals surface area (Å²) in [6.07, 6.45) is 0.167. The number of sulfone groups is 1. The van der Waals surface area contributed by atoms with E-state index in [1.165, 1.54) is 12.3 Å². The molecule has 0 saturated heterocycles. The minimum absolute atomic E-state index is 0. The summed E-state index contributed by atoms with van der Waals surface area (Å²) in [6.45, 7) is 3.74. The Bertz CT molecular complexity index is 1460. The number of hydrogen-bond acceptors (Lipinski definition) is 9. The molecule has 1 aromatic carbocycles. The van der Waals surface area contributed by atoms with Gasteiger partial charge in [-0.15, -0.1) is 12.4 Å². The highest BCUT2D eigenvalue weighted by atomic mass is 35.5. The zero-order valence-corrected chi connectivity index (χ0v) is 25.0. The number of anilines is 1. The number of nitrogens with zero attached hydrogens (tertiary/aromatic N) is 2. The third kappa shape index (κ3) is 8.97. The molecule has 11 nitrogen and oxygen atoms in total. The van der Waals surface area contributed by atoms with E-state index in [1.807, 2.05) is 13.8 Å². The number of pyridine rings is 1. The van der Waals surface area contributed by atoms with Gasteiger partial charge in [0.2, 0.25) is 5.91 Å². The molecule has 0 aliphatic carbocycles. The second-order valence-electron chi connectivity index (χ2n) is 8.55. The van der Waals surface area contributed by atoms with Crippen LogP contribution in [0.5, 0.6) is 0 Å². The fourth-order valence-corrected chi connectivity index (χ4v) is 5.76. The van der Waals surface area contributed by atoms with Crippen molar-refractivity contribution in [3.8, 4) is 6.07 Å². The van der Waals surface area contributed by atoms with Crippen LogP contribution in [0.25, 0.3) is 0 Å². The molecule has 1 aliphatic heterocycles. The molecule has 2 atom stereocenters. The number of rotatable bonds is 8. The highest BCUT2D eigenvalue weighted by Crippen LogP contribution is 2.32. The van der Waals surface area contributed by atoms with Gasteiger partial charge in [0.05, 0.1) is 32.3 Å². The van der Waals surface area contributed by atoms with Crippen molar-refractivity contribution in [2.45, 2.75) is 31.4 Å². The Morgan fingerprint density at radius 1 is 1.23 bits per heavy atom. The second-order valence-corrected chi connectivity index (χ2v) is 11.8. The largest absolute Gasteiger partial charge is 0.450 e. The van der Waals surface area contributed by atoms with Crippen LogP contribution in [0.2, 0.25) is 5.02 Å². The topological polar surface area (TPSA) is 195 Å². The standard InChI is InChI=1S/C17H20ClN3O3S.C7H4Cl2N2O3.ClH/c1-11(2)10-25(23,24)15-6-4-3-5-12(15)8-21-17(22)14-7-13(18)9-20-16(14)19;8-3-4(9)7(13)14-5(3)2(1-10)6(11)12;/h3-7,9,11H,8,10H2,1-2H3,(H2,19,20)(H,21,22);2,5H,(H2,11,12);1H. The zero-order valence-electron chi connectivity index (χ0n) is 21.1. The fraction of sp³-hybridized carbons (Fsp3) is 0.292. The number of primary amides is 1. The van der Waals surface area contributed by atoms with Gasteiger partial charge in [-0.05, 0) is 23.6 Å². The van der Waals surface area contributed by atoms with Crippen LogP contribution >= 0.6 is 47.2 Å². The van der Waals surface area contributed by atoms with E-state index in [4.69, 9.17) is 51.5 Å². The number of carbonyl (C=O) groups is 3. The molecule has 0 bridgehead atoms. The summed E-state index contributed by atoms with van der Waals surface area (Å²) in [7, 11) is -3.43. The number of cyclic esters (lactones) is 1.